The lowest BCUT2D eigenvalue weighted by molar-refractivity contribution is -0.123. The minimum atomic E-state index is -0.381. The van der Waals surface area contributed by atoms with E-state index in [1.54, 1.807) is 0 Å². The molecule has 1 aromatic rings. The standard InChI is InChI=1S/C17H27N3O/c1-13(2)10-16(18)17(21)19-15-8-9-20(12-15)11-14-6-4-3-5-7-14/h3-7,13,15-16H,8-12,18H2,1-2H3,(H,19,21)/t15-,16-/m0/s1. The van der Waals surface area contributed by atoms with Crippen LogP contribution in [0.25, 0.3) is 0 Å². The third kappa shape index (κ3) is 5.14. The van der Waals surface area contributed by atoms with Crippen molar-refractivity contribution in [2.75, 3.05) is 13.1 Å². The van der Waals surface area contributed by atoms with Gasteiger partial charge in [0.15, 0.2) is 0 Å². The zero-order chi connectivity index (χ0) is 15.2. The number of hydrogen-bond acceptors (Lipinski definition) is 3. The number of hydrogen-bond donors (Lipinski definition) is 2. The minimum absolute atomic E-state index is 0.00439. The number of nitrogens with zero attached hydrogens (tertiary/aromatic N) is 1. The summed E-state index contributed by atoms with van der Waals surface area (Å²) >= 11 is 0. The summed E-state index contributed by atoms with van der Waals surface area (Å²) in [5.74, 6) is 0.444. The molecule has 1 aromatic carbocycles. The third-order valence-electron chi connectivity index (χ3n) is 3.93. The van der Waals surface area contributed by atoms with Gasteiger partial charge in [-0.3, -0.25) is 9.69 Å². The Morgan fingerprint density at radius 1 is 1.38 bits per heavy atom. The number of benzene rings is 1. The van der Waals surface area contributed by atoms with Crippen LogP contribution in [0.1, 0.15) is 32.3 Å². The van der Waals surface area contributed by atoms with Crippen molar-refractivity contribution < 1.29 is 4.79 Å². The normalized spacial score (nSPS) is 20.7. The molecule has 3 N–H and O–H groups in total. The van der Waals surface area contributed by atoms with Crippen LogP contribution in [0.3, 0.4) is 0 Å². The van der Waals surface area contributed by atoms with Crippen molar-refractivity contribution >= 4 is 5.91 Å². The molecule has 1 aliphatic heterocycles. The Labute approximate surface area is 127 Å². The monoisotopic (exact) mass is 289 g/mol. The van der Waals surface area contributed by atoms with Gasteiger partial charge < -0.3 is 11.1 Å². The van der Waals surface area contributed by atoms with Crippen LogP contribution in [0.5, 0.6) is 0 Å². The van der Waals surface area contributed by atoms with Crippen molar-refractivity contribution in [2.24, 2.45) is 11.7 Å². The molecule has 0 spiro atoms. The number of nitrogens with two attached hydrogens (primary N) is 1. The maximum Gasteiger partial charge on any atom is 0.237 e. The Bertz CT molecular complexity index is 447. The first kappa shape index (κ1) is 16.0. The van der Waals surface area contributed by atoms with Gasteiger partial charge in [0.1, 0.15) is 0 Å². The highest BCUT2D eigenvalue weighted by Gasteiger charge is 2.25. The molecule has 2 rings (SSSR count). The van der Waals surface area contributed by atoms with Crippen molar-refractivity contribution in [3.8, 4) is 0 Å². The highest BCUT2D eigenvalue weighted by atomic mass is 16.2. The van der Waals surface area contributed by atoms with E-state index in [1.165, 1.54) is 5.56 Å². The Balaban J connectivity index is 1.76. The molecule has 4 heteroatoms. The quantitative estimate of drug-likeness (QED) is 0.839. The fourth-order valence-corrected chi connectivity index (χ4v) is 2.86. The molecule has 1 heterocycles. The maximum atomic E-state index is 12.0. The molecule has 1 saturated heterocycles. The molecule has 1 aliphatic rings. The van der Waals surface area contributed by atoms with Gasteiger partial charge in [-0.15, -0.1) is 0 Å². The summed E-state index contributed by atoms with van der Waals surface area (Å²) in [7, 11) is 0. The molecule has 0 radical (unpaired) electrons. The van der Waals surface area contributed by atoms with Gasteiger partial charge in [-0.05, 0) is 24.3 Å². The summed E-state index contributed by atoms with van der Waals surface area (Å²) in [6.45, 7) is 7.06. The van der Waals surface area contributed by atoms with Crippen molar-refractivity contribution in [1.82, 2.24) is 10.2 Å². The number of carbonyl (C=O) groups is 1. The Hall–Kier alpha value is -1.39. The summed E-state index contributed by atoms with van der Waals surface area (Å²) in [6.07, 6.45) is 1.75. The lowest BCUT2D eigenvalue weighted by Crippen LogP contribution is -2.46. The minimum Gasteiger partial charge on any atom is -0.351 e. The molecular formula is C17H27N3O. The van der Waals surface area contributed by atoms with Gasteiger partial charge in [0.2, 0.25) is 5.91 Å². The molecule has 0 saturated carbocycles. The summed E-state index contributed by atoms with van der Waals surface area (Å²) < 4.78 is 0. The highest BCUT2D eigenvalue weighted by molar-refractivity contribution is 5.81. The van der Waals surface area contributed by atoms with E-state index < -0.39 is 0 Å². The lowest BCUT2D eigenvalue weighted by atomic mass is 10.0. The molecule has 116 valence electrons. The van der Waals surface area contributed by atoms with E-state index in [9.17, 15) is 4.79 Å². The van der Waals surface area contributed by atoms with Crippen molar-refractivity contribution in [3.63, 3.8) is 0 Å². The Morgan fingerprint density at radius 3 is 2.76 bits per heavy atom. The van der Waals surface area contributed by atoms with Gasteiger partial charge in [-0.2, -0.15) is 0 Å². The van der Waals surface area contributed by atoms with E-state index in [0.29, 0.717) is 5.92 Å². The average molecular weight is 289 g/mol. The topological polar surface area (TPSA) is 58.4 Å². The van der Waals surface area contributed by atoms with Crippen LogP contribution in [0.2, 0.25) is 0 Å². The van der Waals surface area contributed by atoms with Crippen LogP contribution < -0.4 is 11.1 Å². The predicted molar refractivity (Wildman–Crippen MR) is 85.7 cm³/mol. The highest BCUT2D eigenvalue weighted by Crippen LogP contribution is 2.14. The zero-order valence-electron chi connectivity index (χ0n) is 13.1. The SMILES string of the molecule is CC(C)C[C@H](N)C(=O)N[C@H]1CCN(Cc2ccccc2)C1. The molecule has 0 aromatic heterocycles. The first-order valence-electron chi connectivity index (χ1n) is 7.87. The van der Waals surface area contributed by atoms with Gasteiger partial charge >= 0.3 is 0 Å². The third-order valence-corrected chi connectivity index (χ3v) is 3.93. The number of amides is 1. The second kappa shape index (κ2) is 7.57. The molecule has 0 aliphatic carbocycles. The second-order valence-corrected chi connectivity index (χ2v) is 6.45. The number of rotatable bonds is 6. The van der Waals surface area contributed by atoms with Gasteiger partial charge in [0.05, 0.1) is 6.04 Å². The van der Waals surface area contributed by atoms with Gasteiger partial charge in [0.25, 0.3) is 0 Å². The largest absolute Gasteiger partial charge is 0.351 e. The number of nitrogens with one attached hydrogen (secondary N) is 1. The summed E-state index contributed by atoms with van der Waals surface area (Å²) in [4.78, 5) is 14.4. The van der Waals surface area contributed by atoms with E-state index in [2.05, 4.69) is 48.3 Å². The fraction of sp³-hybridized carbons (Fsp3) is 0.588. The van der Waals surface area contributed by atoms with Gasteiger partial charge in [-0.1, -0.05) is 44.2 Å². The van der Waals surface area contributed by atoms with Crippen LogP contribution in [-0.4, -0.2) is 36.0 Å². The maximum absolute atomic E-state index is 12.0. The van der Waals surface area contributed by atoms with E-state index in [1.807, 2.05) is 6.07 Å². The van der Waals surface area contributed by atoms with Gasteiger partial charge in [0, 0.05) is 25.7 Å². The first-order valence-corrected chi connectivity index (χ1v) is 7.87. The summed E-state index contributed by atoms with van der Waals surface area (Å²) in [5, 5.41) is 3.09. The van der Waals surface area contributed by atoms with Crippen LogP contribution in [0.4, 0.5) is 0 Å². The van der Waals surface area contributed by atoms with Crippen LogP contribution >= 0.6 is 0 Å². The van der Waals surface area contributed by atoms with Crippen LogP contribution in [0.15, 0.2) is 30.3 Å². The Kier molecular flexibility index (Phi) is 5.76. The smallest absolute Gasteiger partial charge is 0.237 e. The molecular weight excluding hydrogens is 262 g/mol. The lowest BCUT2D eigenvalue weighted by Gasteiger charge is -2.19. The van der Waals surface area contributed by atoms with E-state index in [0.717, 1.165) is 32.5 Å². The number of carbonyl (C=O) groups excluding carboxylic acids is 1. The molecule has 2 atom stereocenters. The second-order valence-electron chi connectivity index (χ2n) is 6.45. The molecule has 1 amide bonds. The molecule has 4 nitrogen and oxygen atoms in total. The van der Waals surface area contributed by atoms with Crippen LogP contribution in [-0.2, 0) is 11.3 Å². The van der Waals surface area contributed by atoms with Crippen molar-refractivity contribution in [3.05, 3.63) is 35.9 Å². The van der Waals surface area contributed by atoms with Crippen molar-refractivity contribution in [2.45, 2.75) is 45.3 Å². The van der Waals surface area contributed by atoms with E-state index in [4.69, 9.17) is 5.73 Å². The average Bonchev–Trinajstić information content (AvgIpc) is 2.86. The summed E-state index contributed by atoms with van der Waals surface area (Å²) in [5.41, 5.74) is 7.25. The first-order chi connectivity index (χ1) is 10.0. The zero-order valence-corrected chi connectivity index (χ0v) is 13.1. The molecule has 0 unspecified atom stereocenters. The van der Waals surface area contributed by atoms with Gasteiger partial charge in [-0.25, -0.2) is 0 Å². The van der Waals surface area contributed by atoms with Crippen LogP contribution in [0, 0.1) is 5.92 Å². The number of likely N-dealkylation sites (tertiary alicyclic amines) is 1. The Morgan fingerprint density at radius 2 is 2.10 bits per heavy atom. The molecule has 1 fully saturated rings. The predicted octanol–water partition coefficient (Wildman–Crippen LogP) is 1.75. The molecule has 0 bridgehead atoms. The fourth-order valence-electron chi connectivity index (χ4n) is 2.86. The van der Waals surface area contributed by atoms with E-state index in [-0.39, 0.29) is 18.0 Å². The molecule has 21 heavy (non-hydrogen) atoms. The van der Waals surface area contributed by atoms with E-state index >= 15 is 0 Å². The van der Waals surface area contributed by atoms with Crippen molar-refractivity contribution in [1.29, 1.82) is 0 Å². The summed E-state index contributed by atoms with van der Waals surface area (Å²) in [6, 6.07) is 10.3.